The zero-order valence-corrected chi connectivity index (χ0v) is 13.8. The number of aryl methyl sites for hydroxylation is 1. The minimum atomic E-state index is -0.486. The van der Waals surface area contributed by atoms with Crippen molar-refractivity contribution < 1.29 is 9.53 Å². The Morgan fingerprint density at radius 1 is 1.20 bits per heavy atom. The molecular formula is C17H16N4O4. The van der Waals surface area contributed by atoms with E-state index in [2.05, 4.69) is 11.6 Å². The standard InChI is InChI=1S/C17H16N4O4/c1-4-9-21-13-14(19(2)17(24)20(3)15(13)23)18-16(21)25-12-8-6-5-7-11(12)10-22/h4-8,10H,1,9H2,2-3H3. The Hall–Kier alpha value is -3.42. The Labute approximate surface area is 142 Å². The summed E-state index contributed by atoms with van der Waals surface area (Å²) in [4.78, 5) is 40.1. The molecule has 0 bridgehead atoms. The second-order valence-electron chi connectivity index (χ2n) is 5.43. The van der Waals surface area contributed by atoms with Crippen molar-refractivity contribution in [3.63, 3.8) is 0 Å². The van der Waals surface area contributed by atoms with Crippen LogP contribution in [-0.4, -0.2) is 25.0 Å². The van der Waals surface area contributed by atoms with Crippen molar-refractivity contribution in [3.05, 3.63) is 63.3 Å². The van der Waals surface area contributed by atoms with Crippen molar-refractivity contribution in [2.45, 2.75) is 6.54 Å². The summed E-state index contributed by atoms with van der Waals surface area (Å²) >= 11 is 0. The van der Waals surface area contributed by atoms with Crippen LogP contribution in [-0.2, 0) is 20.6 Å². The Kier molecular flexibility index (Phi) is 4.10. The van der Waals surface area contributed by atoms with Gasteiger partial charge < -0.3 is 4.74 Å². The average molecular weight is 340 g/mol. The molecule has 3 rings (SSSR count). The molecular weight excluding hydrogens is 324 g/mol. The van der Waals surface area contributed by atoms with Crippen LogP contribution < -0.4 is 16.0 Å². The zero-order valence-electron chi connectivity index (χ0n) is 13.8. The topological polar surface area (TPSA) is 88.1 Å². The van der Waals surface area contributed by atoms with Gasteiger partial charge >= 0.3 is 11.7 Å². The molecule has 2 heterocycles. The monoisotopic (exact) mass is 340 g/mol. The number of fused-ring (bicyclic) bond motifs is 1. The molecule has 8 heteroatoms. The van der Waals surface area contributed by atoms with Gasteiger partial charge in [0.2, 0.25) is 0 Å². The predicted molar refractivity (Wildman–Crippen MR) is 92.3 cm³/mol. The summed E-state index contributed by atoms with van der Waals surface area (Å²) in [6.45, 7) is 3.93. The third kappa shape index (κ3) is 2.57. The van der Waals surface area contributed by atoms with Gasteiger partial charge in [0.05, 0.1) is 5.56 Å². The van der Waals surface area contributed by atoms with E-state index >= 15 is 0 Å². The summed E-state index contributed by atoms with van der Waals surface area (Å²) in [5, 5.41) is 0. The molecule has 3 aromatic rings. The maximum atomic E-state index is 12.5. The molecule has 0 radical (unpaired) electrons. The number of aromatic nitrogens is 4. The highest BCUT2D eigenvalue weighted by Crippen LogP contribution is 2.26. The highest BCUT2D eigenvalue weighted by Gasteiger charge is 2.20. The Morgan fingerprint density at radius 2 is 1.92 bits per heavy atom. The van der Waals surface area contributed by atoms with Gasteiger partial charge in [-0.25, -0.2) is 4.79 Å². The van der Waals surface area contributed by atoms with E-state index in [0.29, 0.717) is 17.6 Å². The predicted octanol–water partition coefficient (Wildman–Crippen LogP) is 1.22. The number of benzene rings is 1. The van der Waals surface area contributed by atoms with Crippen molar-refractivity contribution in [1.82, 2.24) is 18.7 Å². The lowest BCUT2D eigenvalue weighted by atomic mass is 10.2. The lowest BCUT2D eigenvalue weighted by molar-refractivity contribution is 0.112. The third-order valence-corrected chi connectivity index (χ3v) is 3.87. The maximum Gasteiger partial charge on any atom is 0.332 e. The van der Waals surface area contributed by atoms with Crippen molar-refractivity contribution in [2.75, 3.05) is 0 Å². The van der Waals surface area contributed by atoms with E-state index in [-0.39, 0.29) is 23.7 Å². The SMILES string of the molecule is C=CCn1c(Oc2ccccc2C=O)nc2c1c(=O)n(C)c(=O)n2C. The molecule has 0 unspecified atom stereocenters. The van der Waals surface area contributed by atoms with Crippen LogP contribution in [0, 0.1) is 0 Å². The summed E-state index contributed by atoms with van der Waals surface area (Å²) in [5.41, 5.74) is -0.190. The Balaban J connectivity index is 2.30. The van der Waals surface area contributed by atoms with Crippen molar-refractivity contribution >= 4 is 17.5 Å². The highest BCUT2D eigenvalue weighted by molar-refractivity contribution is 5.79. The zero-order chi connectivity index (χ0) is 18.1. The van der Waals surface area contributed by atoms with E-state index in [0.717, 1.165) is 4.57 Å². The van der Waals surface area contributed by atoms with Gasteiger partial charge in [-0.1, -0.05) is 18.2 Å². The minimum absolute atomic E-state index is 0.0995. The summed E-state index contributed by atoms with van der Waals surface area (Å²) in [7, 11) is 2.93. The van der Waals surface area contributed by atoms with Gasteiger partial charge in [-0.05, 0) is 12.1 Å². The van der Waals surface area contributed by atoms with Crippen LogP contribution >= 0.6 is 0 Å². The molecule has 8 nitrogen and oxygen atoms in total. The van der Waals surface area contributed by atoms with E-state index < -0.39 is 11.2 Å². The second kappa shape index (κ2) is 6.23. The van der Waals surface area contributed by atoms with Gasteiger partial charge in [-0.15, -0.1) is 6.58 Å². The molecule has 0 amide bonds. The van der Waals surface area contributed by atoms with E-state index in [1.165, 1.54) is 23.2 Å². The van der Waals surface area contributed by atoms with Gasteiger partial charge in [0.15, 0.2) is 17.5 Å². The fourth-order valence-corrected chi connectivity index (χ4v) is 2.57. The fourth-order valence-electron chi connectivity index (χ4n) is 2.57. The largest absolute Gasteiger partial charge is 0.425 e. The number of aldehydes is 1. The molecule has 0 aliphatic carbocycles. The smallest absolute Gasteiger partial charge is 0.332 e. The number of carbonyl (C=O) groups is 1. The van der Waals surface area contributed by atoms with E-state index in [1.807, 2.05) is 0 Å². The molecule has 0 aliphatic heterocycles. The van der Waals surface area contributed by atoms with E-state index in [4.69, 9.17) is 4.74 Å². The molecule has 25 heavy (non-hydrogen) atoms. The van der Waals surface area contributed by atoms with Gasteiger partial charge in [0, 0.05) is 20.6 Å². The Morgan fingerprint density at radius 3 is 2.60 bits per heavy atom. The van der Waals surface area contributed by atoms with Crippen molar-refractivity contribution in [3.8, 4) is 11.8 Å². The van der Waals surface area contributed by atoms with Crippen LogP contribution in [0.4, 0.5) is 0 Å². The number of rotatable bonds is 5. The number of carbonyl (C=O) groups excluding carboxylic acids is 1. The Bertz CT molecular complexity index is 1100. The molecule has 0 aliphatic rings. The maximum absolute atomic E-state index is 12.5. The summed E-state index contributed by atoms with van der Waals surface area (Å²) in [6.07, 6.45) is 2.26. The van der Waals surface area contributed by atoms with Crippen molar-refractivity contribution in [1.29, 1.82) is 0 Å². The third-order valence-electron chi connectivity index (χ3n) is 3.87. The second-order valence-corrected chi connectivity index (χ2v) is 5.43. The van der Waals surface area contributed by atoms with Gasteiger partial charge in [-0.2, -0.15) is 4.98 Å². The number of ether oxygens (including phenoxy) is 1. The number of imidazole rings is 1. The van der Waals surface area contributed by atoms with Crippen LogP contribution in [0.3, 0.4) is 0 Å². The molecule has 0 saturated heterocycles. The molecule has 0 N–H and O–H groups in total. The number of hydrogen-bond acceptors (Lipinski definition) is 5. The van der Waals surface area contributed by atoms with Gasteiger partial charge in [0.1, 0.15) is 5.75 Å². The number of nitrogens with zero attached hydrogens (tertiary/aromatic N) is 4. The molecule has 128 valence electrons. The lowest BCUT2D eigenvalue weighted by Gasteiger charge is -2.09. The first-order valence-corrected chi connectivity index (χ1v) is 7.48. The minimum Gasteiger partial charge on any atom is -0.425 e. The number of para-hydroxylation sites is 1. The van der Waals surface area contributed by atoms with E-state index in [9.17, 15) is 14.4 Å². The summed E-state index contributed by atoms with van der Waals surface area (Å²) < 4.78 is 9.57. The number of hydrogen-bond donors (Lipinski definition) is 0. The first kappa shape index (κ1) is 16.4. The van der Waals surface area contributed by atoms with Crippen LogP contribution in [0.5, 0.6) is 11.8 Å². The van der Waals surface area contributed by atoms with Gasteiger partial charge in [0.25, 0.3) is 5.56 Å². The molecule has 0 fully saturated rings. The first-order valence-electron chi connectivity index (χ1n) is 7.48. The van der Waals surface area contributed by atoms with E-state index in [1.54, 1.807) is 30.3 Å². The number of allylic oxidation sites excluding steroid dienone is 1. The lowest BCUT2D eigenvalue weighted by Crippen LogP contribution is -2.37. The fraction of sp³-hybridized carbons (Fsp3) is 0.176. The quantitative estimate of drug-likeness (QED) is 0.515. The average Bonchev–Trinajstić information content (AvgIpc) is 2.97. The van der Waals surface area contributed by atoms with Crippen LogP contribution in [0.1, 0.15) is 10.4 Å². The molecule has 0 spiro atoms. The molecule has 0 atom stereocenters. The van der Waals surface area contributed by atoms with Gasteiger partial charge in [-0.3, -0.25) is 23.3 Å². The van der Waals surface area contributed by atoms with Crippen LogP contribution in [0.15, 0.2) is 46.5 Å². The van der Waals surface area contributed by atoms with Crippen LogP contribution in [0.25, 0.3) is 11.2 Å². The normalized spacial score (nSPS) is 10.8. The molecule has 0 saturated carbocycles. The first-order chi connectivity index (χ1) is 12.0. The molecule has 2 aromatic heterocycles. The van der Waals surface area contributed by atoms with Crippen LogP contribution in [0.2, 0.25) is 0 Å². The highest BCUT2D eigenvalue weighted by atomic mass is 16.5. The molecule has 1 aromatic carbocycles. The summed E-state index contributed by atoms with van der Waals surface area (Å²) in [6, 6.07) is 6.76. The summed E-state index contributed by atoms with van der Waals surface area (Å²) in [5.74, 6) is 0.306. The van der Waals surface area contributed by atoms with Crippen molar-refractivity contribution in [2.24, 2.45) is 14.1 Å².